The van der Waals surface area contributed by atoms with Gasteiger partial charge in [-0.3, -0.25) is 27.1 Å². The molecule has 2 N–H and O–H groups in total. The first-order valence-corrected chi connectivity index (χ1v) is 18.1. The van der Waals surface area contributed by atoms with Gasteiger partial charge in [-0.05, 0) is 6.07 Å². The monoisotopic (exact) mass is 834 g/mol. The van der Waals surface area contributed by atoms with Crippen molar-refractivity contribution in [1.82, 2.24) is 10.2 Å². The number of carbonyl (C=O) groups is 4. The molecule has 1 aromatic rings. The number of phenolic OH excluding ortho intramolecular Hbond substituents is 1. The number of rotatable bonds is 12. The van der Waals surface area contributed by atoms with Crippen molar-refractivity contribution in [3.8, 4) is 5.75 Å². The number of ether oxygens (including phenoxy) is 3. The number of hydrogen-bond acceptors (Lipinski definition) is 12. The Kier molecular flexibility index (Phi) is 11.7. The van der Waals surface area contributed by atoms with Crippen molar-refractivity contribution in [2.45, 2.75) is 37.6 Å². The highest BCUT2D eigenvalue weighted by Gasteiger charge is 2.71. The van der Waals surface area contributed by atoms with Crippen LogP contribution < -0.4 is 5.32 Å². The molecule has 13 nitrogen and oxygen atoms in total. The third-order valence-electron chi connectivity index (χ3n) is 5.90. The molecule has 3 atom stereocenters. The first-order valence-electron chi connectivity index (χ1n) is 11.9. The summed E-state index contributed by atoms with van der Waals surface area (Å²) in [7, 11) is -4.46. The van der Waals surface area contributed by atoms with E-state index < -0.39 is 103 Å². The second-order valence-electron chi connectivity index (χ2n) is 8.90. The standard InChI is InChI=1S/C23H23Cl4IN2O11S2/c1-3-43(37,38)23(27,28-36)41-22(29-16(33)8-13-6-4-5-7-15(13)32)19(35)30-17(18(34)40-11-21(24,25)26)14(9-39-12(2)31)10-42-20(22)30/h4-7,20,32H,3,8-11H2,1-2H3,(H,29,33)/t20-,22-,23?/m1/s1. The van der Waals surface area contributed by atoms with E-state index in [0.29, 0.717) is 0 Å². The van der Waals surface area contributed by atoms with Crippen LogP contribution in [0.1, 0.15) is 19.4 Å². The number of β-lactam (4-membered cyclic amide) rings is 1. The normalized spacial score (nSPS) is 21.8. The van der Waals surface area contributed by atoms with E-state index in [1.54, 1.807) is 6.07 Å². The molecule has 0 saturated carbocycles. The molecule has 0 radical (unpaired) electrons. The summed E-state index contributed by atoms with van der Waals surface area (Å²) in [6, 6.07) is 5.83. The van der Waals surface area contributed by atoms with Crippen LogP contribution in [0.5, 0.6) is 5.75 Å². The number of nitrogens with one attached hydrogen (secondary N) is 1. The quantitative estimate of drug-likeness (QED) is 0.103. The van der Waals surface area contributed by atoms with Crippen LogP contribution in [-0.2, 0) is 52.7 Å². The van der Waals surface area contributed by atoms with E-state index >= 15 is 0 Å². The van der Waals surface area contributed by atoms with Crippen LogP contribution in [0.4, 0.5) is 0 Å². The van der Waals surface area contributed by atoms with E-state index in [4.69, 9.17) is 60.6 Å². The highest BCUT2D eigenvalue weighted by molar-refractivity contribution is 14.1. The molecule has 1 saturated heterocycles. The van der Waals surface area contributed by atoms with Crippen molar-refractivity contribution in [2.24, 2.45) is 0 Å². The number of alkyl halides is 5. The van der Waals surface area contributed by atoms with Crippen LogP contribution in [-0.4, -0.2) is 84.2 Å². The molecular formula is C23H23Cl4IN2O11S2. The van der Waals surface area contributed by atoms with Crippen molar-refractivity contribution in [3.05, 3.63) is 41.1 Å². The SMILES string of the molecule is CCS(=O)(=O)C(Cl)(O[C@]1(NC(=O)Cc2ccccc2O)C(=O)N2C(C(=O)OCC(Cl)(Cl)Cl)=C(COC(C)=O)CS[C@@H]21)I=O. The number of sulfone groups is 1. The zero-order valence-corrected chi connectivity index (χ0v) is 28.9. The molecule has 2 aliphatic heterocycles. The van der Waals surface area contributed by atoms with Gasteiger partial charge in [-0.2, -0.15) is 0 Å². The second-order valence-corrected chi connectivity index (χ2v) is 18.9. The Hall–Kier alpha value is -1.41. The van der Waals surface area contributed by atoms with Gasteiger partial charge in [0.2, 0.25) is 40.7 Å². The van der Waals surface area contributed by atoms with E-state index in [1.807, 2.05) is 0 Å². The van der Waals surface area contributed by atoms with Gasteiger partial charge in [-0.25, -0.2) is 13.2 Å². The summed E-state index contributed by atoms with van der Waals surface area (Å²) in [4.78, 5) is 52.6. The van der Waals surface area contributed by atoms with Crippen molar-refractivity contribution in [1.29, 1.82) is 0 Å². The molecule has 0 aliphatic carbocycles. The van der Waals surface area contributed by atoms with Crippen LogP contribution >= 0.6 is 79.4 Å². The van der Waals surface area contributed by atoms with Crippen molar-refractivity contribution >= 4 is 113 Å². The lowest BCUT2D eigenvalue weighted by Crippen LogP contribution is -2.82. The Morgan fingerprint density at radius 2 is 1.86 bits per heavy atom. The van der Waals surface area contributed by atoms with Crippen LogP contribution in [0, 0.1) is 0 Å². The Bertz CT molecular complexity index is 1470. The maximum absolute atomic E-state index is 13.9. The lowest BCUT2D eigenvalue weighted by atomic mass is 9.97. The Labute approximate surface area is 280 Å². The summed E-state index contributed by atoms with van der Waals surface area (Å²) in [5.74, 6) is -4.96. The number of benzene rings is 1. The second kappa shape index (κ2) is 13.9. The summed E-state index contributed by atoms with van der Waals surface area (Å²) >= 11 is 21.5. The van der Waals surface area contributed by atoms with Gasteiger partial charge in [0, 0.05) is 23.8 Å². The van der Waals surface area contributed by atoms with Gasteiger partial charge in [0.15, 0.2) is 0 Å². The number of fused-ring (bicyclic) bond motifs is 1. The Balaban J connectivity index is 2.08. The number of aromatic hydroxyl groups is 1. The molecule has 3 rings (SSSR count). The molecule has 0 aromatic heterocycles. The number of para-hydroxylation sites is 1. The van der Waals surface area contributed by atoms with Gasteiger partial charge in [0.1, 0.15) is 30.0 Å². The molecular weight excluding hydrogens is 813 g/mol. The number of amides is 2. The average Bonchev–Trinajstić information content (AvgIpc) is 2.94. The molecule has 2 amide bonds. The largest absolute Gasteiger partial charge is 0.508 e. The highest BCUT2D eigenvalue weighted by Crippen LogP contribution is 2.52. The molecule has 1 aromatic carbocycles. The van der Waals surface area contributed by atoms with Gasteiger partial charge >= 0.3 is 14.3 Å². The number of carbonyl (C=O) groups excluding carboxylic acids is 4. The number of phenols is 1. The maximum Gasteiger partial charge on any atom is 0.355 e. The van der Waals surface area contributed by atoms with E-state index in [0.717, 1.165) is 23.6 Å². The van der Waals surface area contributed by atoms with Crippen LogP contribution in [0.15, 0.2) is 35.5 Å². The van der Waals surface area contributed by atoms with E-state index in [9.17, 15) is 35.8 Å². The van der Waals surface area contributed by atoms with Gasteiger partial charge in [0.05, 0.1) is 12.2 Å². The topological polar surface area (TPSA) is 183 Å². The van der Waals surface area contributed by atoms with Gasteiger partial charge in [-0.15, -0.1) is 11.8 Å². The molecule has 0 bridgehead atoms. The summed E-state index contributed by atoms with van der Waals surface area (Å²) in [5, 5.41) is 11.1. The van der Waals surface area contributed by atoms with E-state index in [1.165, 1.54) is 25.1 Å². The molecule has 1 fully saturated rings. The Morgan fingerprint density at radius 3 is 2.42 bits per heavy atom. The van der Waals surface area contributed by atoms with Crippen molar-refractivity contribution < 1.29 is 50.0 Å². The summed E-state index contributed by atoms with van der Waals surface area (Å²) in [6.07, 6.45) is -0.490. The fourth-order valence-corrected chi connectivity index (χ4v) is 8.76. The minimum atomic E-state index is -4.46. The van der Waals surface area contributed by atoms with Gasteiger partial charge < -0.3 is 19.9 Å². The molecule has 1 unspecified atom stereocenters. The number of nitrogens with zero attached hydrogens (tertiary/aromatic N) is 1. The smallest absolute Gasteiger partial charge is 0.355 e. The molecule has 2 aliphatic rings. The number of halogens is 5. The van der Waals surface area contributed by atoms with Crippen molar-refractivity contribution in [2.75, 3.05) is 24.7 Å². The van der Waals surface area contributed by atoms with E-state index in [2.05, 4.69) is 5.32 Å². The van der Waals surface area contributed by atoms with Crippen LogP contribution in [0.2, 0.25) is 0 Å². The molecule has 2 heterocycles. The lowest BCUT2D eigenvalue weighted by Gasteiger charge is -2.57. The molecule has 43 heavy (non-hydrogen) atoms. The van der Waals surface area contributed by atoms with Gasteiger partial charge in [0.25, 0.3) is 11.6 Å². The summed E-state index contributed by atoms with van der Waals surface area (Å²) in [6.45, 7) is 1.15. The highest BCUT2D eigenvalue weighted by atomic mass is 127. The zero-order chi connectivity index (χ0) is 32.4. The lowest BCUT2D eigenvalue weighted by molar-refractivity contribution is -0.198. The third-order valence-corrected chi connectivity index (χ3v) is 13.5. The minimum Gasteiger partial charge on any atom is -0.508 e. The number of hydrogen-bond donors (Lipinski definition) is 2. The van der Waals surface area contributed by atoms with Crippen LogP contribution in [0.3, 0.4) is 0 Å². The predicted octanol–water partition coefficient (Wildman–Crippen LogP) is 3.01. The molecule has 0 spiro atoms. The zero-order valence-electron chi connectivity index (χ0n) is 22.1. The van der Waals surface area contributed by atoms with Crippen molar-refractivity contribution in [3.63, 3.8) is 0 Å². The van der Waals surface area contributed by atoms with E-state index in [-0.39, 0.29) is 22.6 Å². The maximum atomic E-state index is 13.9. The summed E-state index contributed by atoms with van der Waals surface area (Å²) < 4.78 is 48.7. The van der Waals surface area contributed by atoms with Gasteiger partial charge in [-0.1, -0.05) is 71.5 Å². The first-order chi connectivity index (χ1) is 19.9. The minimum absolute atomic E-state index is 0.0998. The number of esters is 2. The molecule has 238 valence electrons. The first kappa shape index (κ1) is 36.1. The van der Waals surface area contributed by atoms with Crippen LogP contribution in [0.25, 0.3) is 0 Å². The number of thioether (sulfide) groups is 1. The average molecular weight is 836 g/mol. The third kappa shape index (κ3) is 7.88. The predicted molar refractivity (Wildman–Crippen MR) is 165 cm³/mol. The fourth-order valence-electron chi connectivity index (χ4n) is 3.89. The molecule has 20 heteroatoms. The fraction of sp³-hybridized carbons (Fsp3) is 0.478. The Morgan fingerprint density at radius 1 is 1.21 bits per heavy atom. The summed E-state index contributed by atoms with van der Waals surface area (Å²) in [5.41, 5.74) is -2.74.